The van der Waals surface area contributed by atoms with Gasteiger partial charge in [-0.2, -0.15) is 0 Å². The molecule has 4 N–H and O–H groups in total. The first kappa shape index (κ1) is 33.3. The van der Waals surface area contributed by atoms with E-state index in [9.17, 15) is 14.4 Å². The average molecular weight is 500 g/mol. The maximum Gasteiger partial charge on any atom is 0.242 e. The van der Waals surface area contributed by atoms with Crippen LogP contribution in [0.3, 0.4) is 0 Å². The highest BCUT2D eigenvalue weighted by atomic mass is 17.1. The minimum absolute atomic E-state index is 0.0727. The summed E-state index contributed by atoms with van der Waals surface area (Å²) in [6.45, 7) is 4.80. The molecule has 1 atom stereocenters. The molecule has 0 radical (unpaired) electrons. The molecule has 0 aromatic rings. The van der Waals surface area contributed by atoms with Crippen molar-refractivity contribution in [2.24, 2.45) is 0 Å². The van der Waals surface area contributed by atoms with E-state index in [4.69, 9.17) is 5.26 Å². The topological polar surface area (TPSA) is 117 Å². The molecule has 0 rings (SSSR count). The van der Waals surface area contributed by atoms with Gasteiger partial charge in [0.15, 0.2) is 0 Å². The number of carbonyl (C=O) groups excluding carboxylic acids is 3. The van der Waals surface area contributed by atoms with Gasteiger partial charge in [-0.1, -0.05) is 84.0 Å². The number of hydrogen-bond acceptors (Lipinski definition) is 5. The minimum atomic E-state index is -0.586. The standard InChI is InChI=1S/C27H53N3O5/c1-3-4-5-6-7-8-9-10-11-12-13-14-15-20-26(32)30-25(19-16-17-21-28-24(2)31)27(33)29-22-18-23-35-34/h25,34H,3-23H2,1-2H3,(H,28,31)(H,29,33)(H,30,32). The first-order valence-electron chi connectivity index (χ1n) is 14.1. The average Bonchev–Trinajstić information content (AvgIpc) is 2.83. The largest absolute Gasteiger partial charge is 0.356 e. The molecule has 0 bridgehead atoms. The van der Waals surface area contributed by atoms with Gasteiger partial charge in [0.2, 0.25) is 17.7 Å². The van der Waals surface area contributed by atoms with Crippen molar-refractivity contribution in [3.63, 3.8) is 0 Å². The Balaban J connectivity index is 3.99. The molecule has 1 unspecified atom stereocenters. The van der Waals surface area contributed by atoms with Crippen LogP contribution in [0.25, 0.3) is 0 Å². The summed E-state index contributed by atoms with van der Waals surface area (Å²) in [4.78, 5) is 39.9. The summed E-state index contributed by atoms with van der Waals surface area (Å²) in [6, 6.07) is -0.586. The fraction of sp³-hybridized carbons (Fsp3) is 0.889. The Morgan fingerprint density at radius 3 is 1.80 bits per heavy atom. The number of amides is 3. The van der Waals surface area contributed by atoms with E-state index in [1.54, 1.807) is 0 Å². The molecule has 3 amide bonds. The quantitative estimate of drug-likeness (QED) is 0.0777. The third-order valence-corrected chi connectivity index (χ3v) is 6.16. The van der Waals surface area contributed by atoms with Gasteiger partial charge in [0.05, 0.1) is 6.61 Å². The van der Waals surface area contributed by atoms with E-state index in [2.05, 4.69) is 27.8 Å². The van der Waals surface area contributed by atoms with Crippen LogP contribution >= 0.6 is 0 Å². The van der Waals surface area contributed by atoms with Crippen molar-refractivity contribution in [3.8, 4) is 0 Å². The Morgan fingerprint density at radius 1 is 0.714 bits per heavy atom. The van der Waals surface area contributed by atoms with E-state index >= 15 is 0 Å². The zero-order valence-electron chi connectivity index (χ0n) is 22.5. The maximum absolute atomic E-state index is 12.5. The number of carbonyl (C=O) groups is 3. The molecule has 8 heteroatoms. The van der Waals surface area contributed by atoms with Crippen LogP contribution in [0.15, 0.2) is 0 Å². The first-order valence-corrected chi connectivity index (χ1v) is 14.1. The Labute approximate surface area is 213 Å². The summed E-state index contributed by atoms with van der Waals surface area (Å²) in [5.41, 5.74) is 0. The van der Waals surface area contributed by atoms with Crippen molar-refractivity contribution in [1.82, 2.24) is 16.0 Å². The Bertz CT molecular complexity index is 531. The lowest BCUT2D eigenvalue weighted by atomic mass is 10.0. The second-order valence-corrected chi connectivity index (χ2v) is 9.57. The predicted molar refractivity (Wildman–Crippen MR) is 141 cm³/mol. The van der Waals surface area contributed by atoms with Gasteiger partial charge in [0, 0.05) is 26.4 Å². The van der Waals surface area contributed by atoms with Crippen molar-refractivity contribution in [1.29, 1.82) is 0 Å². The molecule has 0 spiro atoms. The van der Waals surface area contributed by atoms with E-state index < -0.39 is 6.04 Å². The van der Waals surface area contributed by atoms with E-state index in [1.807, 2.05) is 0 Å². The third-order valence-electron chi connectivity index (χ3n) is 6.16. The molecule has 0 aliphatic rings. The van der Waals surface area contributed by atoms with Crippen molar-refractivity contribution in [2.75, 3.05) is 19.7 Å². The Hall–Kier alpha value is -1.67. The van der Waals surface area contributed by atoms with Crippen molar-refractivity contribution in [3.05, 3.63) is 0 Å². The fourth-order valence-electron chi connectivity index (χ4n) is 4.05. The first-order chi connectivity index (χ1) is 17.0. The smallest absolute Gasteiger partial charge is 0.242 e. The van der Waals surface area contributed by atoms with Gasteiger partial charge in [0.1, 0.15) is 6.04 Å². The summed E-state index contributed by atoms with van der Waals surface area (Å²) in [7, 11) is 0. The molecule has 0 aromatic carbocycles. The van der Waals surface area contributed by atoms with Crippen molar-refractivity contribution < 1.29 is 24.5 Å². The van der Waals surface area contributed by atoms with Crippen molar-refractivity contribution >= 4 is 17.7 Å². The zero-order valence-corrected chi connectivity index (χ0v) is 22.5. The van der Waals surface area contributed by atoms with Crippen LogP contribution in [-0.4, -0.2) is 48.7 Å². The zero-order chi connectivity index (χ0) is 26.0. The monoisotopic (exact) mass is 499 g/mol. The van der Waals surface area contributed by atoms with Crippen LogP contribution in [0.2, 0.25) is 0 Å². The number of hydrogen-bond donors (Lipinski definition) is 4. The molecular weight excluding hydrogens is 446 g/mol. The Morgan fingerprint density at radius 2 is 1.26 bits per heavy atom. The summed E-state index contributed by atoms with van der Waals surface area (Å²) in [6.07, 6.45) is 19.3. The highest BCUT2D eigenvalue weighted by molar-refractivity contribution is 5.87. The van der Waals surface area contributed by atoms with Crippen LogP contribution in [0.5, 0.6) is 0 Å². The highest BCUT2D eigenvalue weighted by Crippen LogP contribution is 2.13. The molecule has 0 fully saturated rings. The summed E-state index contributed by atoms with van der Waals surface area (Å²) in [5.74, 6) is -0.383. The molecule has 0 heterocycles. The fourth-order valence-corrected chi connectivity index (χ4v) is 4.05. The van der Waals surface area contributed by atoms with E-state index in [1.165, 1.54) is 71.1 Å². The number of rotatable bonds is 25. The molecule has 35 heavy (non-hydrogen) atoms. The van der Waals surface area contributed by atoms with Gasteiger partial charge in [-0.15, -0.1) is 0 Å². The molecule has 0 saturated heterocycles. The van der Waals surface area contributed by atoms with Crippen LogP contribution in [0.1, 0.15) is 129 Å². The van der Waals surface area contributed by atoms with Crippen LogP contribution in [-0.2, 0) is 19.3 Å². The lowest BCUT2D eigenvalue weighted by molar-refractivity contribution is -0.242. The second-order valence-electron chi connectivity index (χ2n) is 9.57. The highest BCUT2D eigenvalue weighted by Gasteiger charge is 2.19. The lowest BCUT2D eigenvalue weighted by Gasteiger charge is -2.18. The lowest BCUT2D eigenvalue weighted by Crippen LogP contribution is -2.47. The van der Waals surface area contributed by atoms with Gasteiger partial charge in [-0.25, -0.2) is 4.89 Å². The van der Waals surface area contributed by atoms with Gasteiger partial charge in [0.25, 0.3) is 0 Å². The molecule has 206 valence electrons. The molecule has 0 aliphatic carbocycles. The SMILES string of the molecule is CCCCCCCCCCCCCCCC(=O)NC(CCCCNC(C)=O)C(=O)NCCCOO. The number of unbranched alkanes of at least 4 members (excludes halogenated alkanes) is 13. The molecule has 0 aromatic heterocycles. The summed E-state index contributed by atoms with van der Waals surface area (Å²) >= 11 is 0. The third kappa shape index (κ3) is 23.8. The van der Waals surface area contributed by atoms with E-state index in [-0.39, 0.29) is 24.3 Å². The normalized spacial score (nSPS) is 11.7. The molecule has 0 aliphatic heterocycles. The number of nitrogens with one attached hydrogen (secondary N) is 3. The minimum Gasteiger partial charge on any atom is -0.356 e. The molecule has 0 saturated carbocycles. The van der Waals surface area contributed by atoms with E-state index in [0.29, 0.717) is 32.4 Å². The van der Waals surface area contributed by atoms with Crippen molar-refractivity contribution in [2.45, 2.75) is 135 Å². The van der Waals surface area contributed by atoms with Gasteiger partial charge in [-0.3, -0.25) is 19.6 Å². The van der Waals surface area contributed by atoms with Crippen LogP contribution in [0, 0.1) is 0 Å². The molecular formula is C27H53N3O5. The molecule has 8 nitrogen and oxygen atoms in total. The summed E-state index contributed by atoms with van der Waals surface area (Å²) < 4.78 is 0. The maximum atomic E-state index is 12.5. The Kier molecular flexibility index (Phi) is 24.2. The van der Waals surface area contributed by atoms with Crippen LogP contribution < -0.4 is 16.0 Å². The summed E-state index contributed by atoms with van der Waals surface area (Å²) in [5, 5.41) is 16.8. The second kappa shape index (κ2) is 25.4. The van der Waals surface area contributed by atoms with Gasteiger partial charge >= 0.3 is 0 Å². The van der Waals surface area contributed by atoms with Gasteiger partial charge < -0.3 is 16.0 Å². The predicted octanol–water partition coefficient (Wildman–Crippen LogP) is 5.25. The van der Waals surface area contributed by atoms with Crippen LogP contribution in [0.4, 0.5) is 0 Å². The van der Waals surface area contributed by atoms with E-state index in [0.717, 1.165) is 32.1 Å². The van der Waals surface area contributed by atoms with Gasteiger partial charge in [-0.05, 0) is 32.1 Å².